The van der Waals surface area contributed by atoms with Gasteiger partial charge in [-0.2, -0.15) is 0 Å². The summed E-state index contributed by atoms with van der Waals surface area (Å²) < 4.78 is 10.2. The lowest BCUT2D eigenvalue weighted by atomic mass is 9.87. The molecule has 1 unspecified atom stereocenters. The van der Waals surface area contributed by atoms with Crippen molar-refractivity contribution in [1.82, 2.24) is 4.90 Å². The molecule has 1 atom stereocenters. The van der Waals surface area contributed by atoms with Gasteiger partial charge in [0.05, 0.1) is 6.61 Å². The highest BCUT2D eigenvalue weighted by molar-refractivity contribution is 5.87. The van der Waals surface area contributed by atoms with Crippen LogP contribution in [0.3, 0.4) is 0 Å². The Bertz CT molecular complexity index is 321. The fourth-order valence-corrected chi connectivity index (χ4v) is 1.67. The molecule has 0 saturated carbocycles. The van der Waals surface area contributed by atoms with Gasteiger partial charge in [0.15, 0.2) is 0 Å². The zero-order valence-corrected chi connectivity index (χ0v) is 11.2. The lowest BCUT2D eigenvalue weighted by Crippen LogP contribution is -2.65. The molecule has 1 amide bonds. The van der Waals surface area contributed by atoms with Gasteiger partial charge in [-0.3, -0.25) is 4.90 Å². The van der Waals surface area contributed by atoms with Gasteiger partial charge < -0.3 is 9.47 Å². The molecule has 0 aromatic heterocycles. The third kappa shape index (κ3) is 2.90. The summed E-state index contributed by atoms with van der Waals surface area (Å²) in [6.45, 7) is 9.70. The van der Waals surface area contributed by atoms with Crippen LogP contribution in [0.25, 0.3) is 0 Å². The Morgan fingerprint density at radius 3 is 2.29 bits per heavy atom. The van der Waals surface area contributed by atoms with Crippen LogP contribution in [-0.2, 0) is 14.3 Å². The molecule has 0 aromatic rings. The molecule has 98 valence electrons. The number of hydrogen-bond acceptors (Lipinski definition) is 4. The van der Waals surface area contributed by atoms with Crippen LogP contribution in [0.15, 0.2) is 0 Å². The Balaban J connectivity index is 2.67. The third-order valence-electron chi connectivity index (χ3n) is 2.75. The Labute approximate surface area is 102 Å². The van der Waals surface area contributed by atoms with E-state index in [1.165, 1.54) is 4.90 Å². The molecule has 1 rings (SSSR count). The predicted molar refractivity (Wildman–Crippen MR) is 62.6 cm³/mol. The highest BCUT2D eigenvalue weighted by Crippen LogP contribution is 2.33. The number of carbonyl (C=O) groups excluding carboxylic acids is 2. The van der Waals surface area contributed by atoms with E-state index in [1.54, 1.807) is 34.6 Å². The van der Waals surface area contributed by atoms with Crippen LogP contribution in [0.1, 0.15) is 41.0 Å². The van der Waals surface area contributed by atoms with Crippen LogP contribution < -0.4 is 0 Å². The molecule has 0 aliphatic carbocycles. The standard InChI is InChI=1S/C12H21NO4/c1-6-16-9(14)12(5)7-8-13(12)10(15)17-11(2,3)4/h6-8H2,1-5H3. The minimum Gasteiger partial charge on any atom is -0.464 e. The Kier molecular flexibility index (Phi) is 3.69. The van der Waals surface area contributed by atoms with E-state index in [2.05, 4.69) is 0 Å². The van der Waals surface area contributed by atoms with Gasteiger partial charge in [-0.25, -0.2) is 9.59 Å². The number of hydrogen-bond donors (Lipinski definition) is 0. The van der Waals surface area contributed by atoms with Crippen molar-refractivity contribution in [3.8, 4) is 0 Å². The normalized spacial score (nSPS) is 23.9. The van der Waals surface area contributed by atoms with Crippen LogP contribution in [0.5, 0.6) is 0 Å². The van der Waals surface area contributed by atoms with Crippen LogP contribution in [0.2, 0.25) is 0 Å². The molecule has 17 heavy (non-hydrogen) atoms. The van der Waals surface area contributed by atoms with E-state index in [-0.39, 0.29) is 5.97 Å². The van der Waals surface area contributed by atoms with E-state index < -0.39 is 17.2 Å². The molecular formula is C12H21NO4. The van der Waals surface area contributed by atoms with Gasteiger partial charge in [0.1, 0.15) is 11.1 Å². The summed E-state index contributed by atoms with van der Waals surface area (Å²) in [6.07, 6.45) is 0.157. The number of ether oxygens (including phenoxy) is 2. The fraction of sp³-hybridized carbons (Fsp3) is 0.833. The molecule has 1 heterocycles. The molecule has 0 aromatic carbocycles. The number of amides is 1. The van der Waals surface area contributed by atoms with Crippen molar-refractivity contribution in [1.29, 1.82) is 0 Å². The monoisotopic (exact) mass is 243 g/mol. The van der Waals surface area contributed by atoms with Crippen molar-refractivity contribution >= 4 is 12.1 Å². The Morgan fingerprint density at radius 2 is 1.94 bits per heavy atom. The van der Waals surface area contributed by atoms with Crippen LogP contribution >= 0.6 is 0 Å². The lowest BCUT2D eigenvalue weighted by molar-refractivity contribution is -0.164. The van der Waals surface area contributed by atoms with E-state index in [4.69, 9.17) is 9.47 Å². The molecule has 0 radical (unpaired) electrons. The number of carbonyl (C=O) groups is 2. The summed E-state index contributed by atoms with van der Waals surface area (Å²) in [6, 6.07) is 0. The average Bonchev–Trinajstić information content (AvgIpc) is 2.12. The molecule has 0 N–H and O–H groups in total. The van der Waals surface area contributed by atoms with E-state index in [0.29, 0.717) is 19.6 Å². The van der Waals surface area contributed by atoms with Gasteiger partial charge >= 0.3 is 12.1 Å². The molecule has 0 spiro atoms. The summed E-state index contributed by atoms with van der Waals surface area (Å²) in [5, 5.41) is 0. The highest BCUT2D eigenvalue weighted by atomic mass is 16.6. The average molecular weight is 243 g/mol. The van der Waals surface area contributed by atoms with Gasteiger partial charge in [0, 0.05) is 6.54 Å². The first-order valence-electron chi connectivity index (χ1n) is 5.88. The summed E-state index contributed by atoms with van der Waals surface area (Å²) in [4.78, 5) is 25.0. The topological polar surface area (TPSA) is 55.8 Å². The Morgan fingerprint density at radius 1 is 1.35 bits per heavy atom. The SMILES string of the molecule is CCOC(=O)C1(C)CCN1C(=O)OC(C)(C)C. The largest absolute Gasteiger partial charge is 0.464 e. The van der Waals surface area contributed by atoms with Gasteiger partial charge in [-0.15, -0.1) is 0 Å². The number of esters is 1. The minimum absolute atomic E-state index is 0.316. The van der Waals surface area contributed by atoms with Gasteiger partial charge in [0.25, 0.3) is 0 Å². The van der Waals surface area contributed by atoms with E-state index in [1.807, 2.05) is 0 Å². The van der Waals surface area contributed by atoms with Gasteiger partial charge in [0.2, 0.25) is 0 Å². The van der Waals surface area contributed by atoms with Crippen molar-refractivity contribution in [2.45, 2.75) is 52.2 Å². The fourth-order valence-electron chi connectivity index (χ4n) is 1.67. The van der Waals surface area contributed by atoms with Gasteiger partial charge in [-0.05, 0) is 41.0 Å². The second-order valence-electron chi connectivity index (χ2n) is 5.38. The molecular weight excluding hydrogens is 222 g/mol. The van der Waals surface area contributed by atoms with Crippen LogP contribution in [0, 0.1) is 0 Å². The summed E-state index contributed by atoms with van der Waals surface area (Å²) >= 11 is 0. The second kappa shape index (κ2) is 4.55. The maximum Gasteiger partial charge on any atom is 0.411 e. The first-order valence-corrected chi connectivity index (χ1v) is 5.88. The van der Waals surface area contributed by atoms with Crippen LogP contribution in [-0.4, -0.2) is 41.3 Å². The molecule has 0 bridgehead atoms. The number of nitrogens with zero attached hydrogens (tertiary/aromatic N) is 1. The zero-order chi connectivity index (χ0) is 13.3. The first-order chi connectivity index (χ1) is 7.70. The molecule has 1 fully saturated rings. The number of likely N-dealkylation sites (tertiary alicyclic amines) is 1. The van der Waals surface area contributed by atoms with Gasteiger partial charge in [-0.1, -0.05) is 0 Å². The molecule has 1 aliphatic heterocycles. The van der Waals surface area contributed by atoms with Crippen molar-refractivity contribution in [2.24, 2.45) is 0 Å². The molecule has 1 aliphatic rings. The molecule has 5 heteroatoms. The zero-order valence-electron chi connectivity index (χ0n) is 11.2. The molecule has 5 nitrogen and oxygen atoms in total. The second-order valence-corrected chi connectivity index (χ2v) is 5.38. The van der Waals surface area contributed by atoms with E-state index >= 15 is 0 Å². The minimum atomic E-state index is -0.863. The maximum absolute atomic E-state index is 11.9. The van der Waals surface area contributed by atoms with Crippen molar-refractivity contribution in [3.05, 3.63) is 0 Å². The Hall–Kier alpha value is -1.26. The summed E-state index contributed by atoms with van der Waals surface area (Å²) in [7, 11) is 0. The maximum atomic E-state index is 11.9. The van der Waals surface area contributed by atoms with Crippen LogP contribution in [0.4, 0.5) is 4.79 Å². The third-order valence-corrected chi connectivity index (χ3v) is 2.75. The van der Waals surface area contributed by atoms with E-state index in [0.717, 1.165) is 0 Å². The van der Waals surface area contributed by atoms with Crippen molar-refractivity contribution in [3.63, 3.8) is 0 Å². The first kappa shape index (κ1) is 13.8. The highest BCUT2D eigenvalue weighted by Gasteiger charge is 2.52. The quantitative estimate of drug-likeness (QED) is 0.695. The lowest BCUT2D eigenvalue weighted by Gasteiger charge is -2.47. The smallest absolute Gasteiger partial charge is 0.411 e. The predicted octanol–water partition coefficient (Wildman–Crippen LogP) is 1.95. The number of rotatable bonds is 2. The molecule has 1 saturated heterocycles. The van der Waals surface area contributed by atoms with Crippen molar-refractivity contribution < 1.29 is 19.1 Å². The van der Waals surface area contributed by atoms with Crippen molar-refractivity contribution in [2.75, 3.05) is 13.2 Å². The summed E-state index contributed by atoms with van der Waals surface area (Å²) in [5.74, 6) is -0.364. The van der Waals surface area contributed by atoms with E-state index in [9.17, 15) is 9.59 Å². The summed E-state index contributed by atoms with van der Waals surface area (Å²) in [5.41, 5.74) is -1.42.